The number of hydrogen-bond donors (Lipinski definition) is 2. The van der Waals surface area contributed by atoms with Crippen LogP contribution >= 0.6 is 0 Å². The molecule has 2 N–H and O–H groups in total. The first-order valence-electron chi connectivity index (χ1n) is 13.0. The number of carbonyl (C=O) groups is 2. The van der Waals surface area contributed by atoms with Gasteiger partial charge in [0.05, 0.1) is 11.7 Å². The summed E-state index contributed by atoms with van der Waals surface area (Å²) in [6.07, 6.45) is 13.0. The standard InChI is InChI=1S/C26H36N6O2/c33-25(28-21-5-1-2-6-21)23-17-22(29-30-23)24-7-3-4-14-32(24)26(34)20-10-15-31(16-11-20)18-19-8-12-27-13-9-19/h8-9,12-13,17,20-21,24H,1-7,10-11,14-16,18H2,(H,28,33)(H,29,30). The molecule has 0 radical (unpaired) electrons. The summed E-state index contributed by atoms with van der Waals surface area (Å²) in [5.41, 5.74) is 2.59. The monoisotopic (exact) mass is 464 g/mol. The maximum Gasteiger partial charge on any atom is 0.271 e. The number of piperidine rings is 2. The third-order valence-corrected chi connectivity index (χ3v) is 7.76. The molecule has 1 unspecified atom stereocenters. The number of pyridine rings is 1. The lowest BCUT2D eigenvalue weighted by Crippen LogP contribution is -2.45. The molecule has 8 heteroatoms. The highest BCUT2D eigenvalue weighted by Gasteiger charge is 2.35. The Labute approximate surface area is 201 Å². The fourth-order valence-corrected chi connectivity index (χ4v) is 5.79. The summed E-state index contributed by atoms with van der Waals surface area (Å²) in [7, 11) is 0. The highest BCUT2D eigenvalue weighted by molar-refractivity contribution is 5.92. The quantitative estimate of drug-likeness (QED) is 0.683. The highest BCUT2D eigenvalue weighted by atomic mass is 16.2. The number of hydrogen-bond acceptors (Lipinski definition) is 5. The van der Waals surface area contributed by atoms with Crippen molar-refractivity contribution in [2.24, 2.45) is 5.92 Å². The third kappa shape index (κ3) is 5.32. The molecule has 2 amide bonds. The lowest BCUT2D eigenvalue weighted by atomic mass is 9.91. The second-order valence-electron chi connectivity index (χ2n) is 10.1. The van der Waals surface area contributed by atoms with Crippen LogP contribution in [-0.2, 0) is 11.3 Å². The van der Waals surface area contributed by atoms with Gasteiger partial charge in [-0.2, -0.15) is 5.10 Å². The number of rotatable bonds is 6. The maximum atomic E-state index is 13.6. The number of nitrogens with one attached hydrogen (secondary N) is 2. The van der Waals surface area contributed by atoms with E-state index in [2.05, 4.69) is 42.4 Å². The van der Waals surface area contributed by atoms with Gasteiger partial charge in [0.15, 0.2) is 0 Å². The van der Waals surface area contributed by atoms with Gasteiger partial charge < -0.3 is 10.2 Å². The Morgan fingerprint density at radius 2 is 1.71 bits per heavy atom. The van der Waals surface area contributed by atoms with Gasteiger partial charge in [0, 0.05) is 37.4 Å². The molecule has 4 heterocycles. The van der Waals surface area contributed by atoms with Crippen molar-refractivity contribution >= 4 is 11.8 Å². The SMILES string of the molecule is O=C(NC1CCCC1)c1cc(C2CCCCN2C(=O)C2CCN(Cc3ccncc3)CC2)[nH]n1. The van der Waals surface area contributed by atoms with E-state index < -0.39 is 0 Å². The molecule has 3 aliphatic rings. The van der Waals surface area contributed by atoms with Crippen molar-refractivity contribution in [1.82, 2.24) is 30.3 Å². The predicted octanol–water partition coefficient (Wildman–Crippen LogP) is 3.44. The average Bonchev–Trinajstić information content (AvgIpc) is 3.57. The fourth-order valence-electron chi connectivity index (χ4n) is 5.79. The number of carbonyl (C=O) groups excluding carboxylic acids is 2. The Balaban J connectivity index is 1.19. The van der Waals surface area contributed by atoms with Crippen molar-refractivity contribution in [2.75, 3.05) is 19.6 Å². The minimum atomic E-state index is -0.107. The zero-order chi connectivity index (χ0) is 23.3. The first-order chi connectivity index (χ1) is 16.7. The van der Waals surface area contributed by atoms with Crippen molar-refractivity contribution in [1.29, 1.82) is 0 Å². The van der Waals surface area contributed by atoms with Crippen LogP contribution in [0.2, 0.25) is 0 Å². The first-order valence-corrected chi connectivity index (χ1v) is 13.0. The molecular formula is C26H36N6O2. The van der Waals surface area contributed by atoms with E-state index in [1.807, 2.05) is 18.5 Å². The van der Waals surface area contributed by atoms with Crippen LogP contribution in [0.5, 0.6) is 0 Å². The zero-order valence-electron chi connectivity index (χ0n) is 19.9. The molecule has 1 saturated carbocycles. The van der Waals surface area contributed by atoms with Gasteiger partial charge in [-0.05, 0) is 81.8 Å². The number of H-pyrrole nitrogens is 1. The van der Waals surface area contributed by atoms with Gasteiger partial charge in [-0.15, -0.1) is 0 Å². The molecule has 2 aromatic heterocycles. The second-order valence-corrected chi connectivity index (χ2v) is 10.1. The summed E-state index contributed by atoms with van der Waals surface area (Å²) in [5.74, 6) is 0.229. The van der Waals surface area contributed by atoms with Crippen molar-refractivity contribution in [3.8, 4) is 0 Å². The Bertz CT molecular complexity index is 963. The van der Waals surface area contributed by atoms with Gasteiger partial charge in [-0.1, -0.05) is 12.8 Å². The Morgan fingerprint density at radius 3 is 2.47 bits per heavy atom. The van der Waals surface area contributed by atoms with E-state index in [-0.39, 0.29) is 29.8 Å². The molecule has 0 spiro atoms. The van der Waals surface area contributed by atoms with E-state index in [1.54, 1.807) is 0 Å². The van der Waals surface area contributed by atoms with Gasteiger partial charge in [-0.25, -0.2) is 0 Å². The summed E-state index contributed by atoms with van der Waals surface area (Å²) in [4.78, 5) is 34.8. The van der Waals surface area contributed by atoms with Crippen molar-refractivity contribution in [2.45, 2.75) is 76.4 Å². The van der Waals surface area contributed by atoms with Crippen LogP contribution in [0.25, 0.3) is 0 Å². The molecule has 0 bridgehead atoms. The largest absolute Gasteiger partial charge is 0.348 e. The molecular weight excluding hydrogens is 428 g/mol. The molecule has 2 aromatic rings. The van der Waals surface area contributed by atoms with Crippen LogP contribution in [0.15, 0.2) is 30.6 Å². The molecule has 182 valence electrons. The third-order valence-electron chi connectivity index (χ3n) is 7.76. The van der Waals surface area contributed by atoms with Crippen LogP contribution in [-0.4, -0.2) is 62.5 Å². The summed E-state index contributed by atoms with van der Waals surface area (Å²) in [6.45, 7) is 3.57. The van der Waals surface area contributed by atoms with E-state index in [0.29, 0.717) is 5.69 Å². The molecule has 5 rings (SSSR count). The Morgan fingerprint density at radius 1 is 0.971 bits per heavy atom. The molecule has 8 nitrogen and oxygen atoms in total. The lowest BCUT2D eigenvalue weighted by Gasteiger charge is -2.39. The summed E-state index contributed by atoms with van der Waals surface area (Å²) >= 11 is 0. The lowest BCUT2D eigenvalue weighted by molar-refractivity contribution is -0.141. The van der Waals surface area contributed by atoms with Crippen molar-refractivity contribution < 1.29 is 9.59 Å². The van der Waals surface area contributed by atoms with Gasteiger partial charge in [0.1, 0.15) is 5.69 Å². The molecule has 1 aliphatic carbocycles. The number of amides is 2. The van der Waals surface area contributed by atoms with Gasteiger partial charge in [-0.3, -0.25) is 24.6 Å². The minimum Gasteiger partial charge on any atom is -0.348 e. The smallest absolute Gasteiger partial charge is 0.271 e. The highest BCUT2D eigenvalue weighted by Crippen LogP contribution is 2.33. The molecule has 3 fully saturated rings. The second kappa shape index (κ2) is 10.7. The van der Waals surface area contributed by atoms with Gasteiger partial charge in [0.2, 0.25) is 5.91 Å². The predicted molar refractivity (Wildman–Crippen MR) is 129 cm³/mol. The molecule has 34 heavy (non-hydrogen) atoms. The van der Waals surface area contributed by atoms with Crippen LogP contribution in [0.3, 0.4) is 0 Å². The van der Waals surface area contributed by atoms with Crippen molar-refractivity contribution in [3.63, 3.8) is 0 Å². The van der Waals surface area contributed by atoms with Crippen molar-refractivity contribution in [3.05, 3.63) is 47.5 Å². The van der Waals surface area contributed by atoms with Crippen LogP contribution in [0.4, 0.5) is 0 Å². The van der Waals surface area contributed by atoms with E-state index >= 15 is 0 Å². The summed E-state index contributed by atoms with van der Waals surface area (Å²) < 4.78 is 0. The first kappa shape index (κ1) is 23.0. The maximum absolute atomic E-state index is 13.6. The number of nitrogens with zero attached hydrogens (tertiary/aromatic N) is 4. The van der Waals surface area contributed by atoms with E-state index in [1.165, 1.54) is 18.4 Å². The minimum absolute atomic E-state index is 0.0170. The summed E-state index contributed by atoms with van der Waals surface area (Å²) in [6, 6.07) is 6.23. The van der Waals surface area contributed by atoms with Gasteiger partial charge >= 0.3 is 0 Å². The van der Waals surface area contributed by atoms with E-state index in [4.69, 9.17) is 0 Å². The van der Waals surface area contributed by atoms with E-state index in [9.17, 15) is 9.59 Å². The van der Waals surface area contributed by atoms with Gasteiger partial charge in [0.25, 0.3) is 5.91 Å². The number of likely N-dealkylation sites (tertiary alicyclic amines) is 2. The summed E-state index contributed by atoms with van der Waals surface area (Å²) in [5, 5.41) is 10.5. The molecule has 0 aromatic carbocycles. The fraction of sp³-hybridized carbons (Fsp3) is 0.615. The average molecular weight is 465 g/mol. The van der Waals surface area contributed by atoms with E-state index in [0.717, 1.165) is 76.8 Å². The van der Waals surface area contributed by atoms with Crippen LogP contribution in [0, 0.1) is 5.92 Å². The Hall–Kier alpha value is -2.74. The number of aromatic amines is 1. The topological polar surface area (TPSA) is 94.2 Å². The zero-order valence-corrected chi connectivity index (χ0v) is 19.9. The molecule has 2 aliphatic heterocycles. The number of aromatic nitrogens is 3. The van der Waals surface area contributed by atoms with Crippen LogP contribution in [0.1, 0.15) is 85.6 Å². The molecule has 2 saturated heterocycles. The van der Waals surface area contributed by atoms with Crippen LogP contribution < -0.4 is 5.32 Å². The normalized spacial score (nSPS) is 22.7. The Kier molecular flexibility index (Phi) is 7.23. The molecule has 1 atom stereocenters.